The molecule has 3 N–H and O–H groups in total. The maximum atomic E-state index is 12.8. The number of fused-ring (bicyclic) bond motifs is 1. The van der Waals surface area contributed by atoms with Gasteiger partial charge < -0.3 is 20.5 Å². The van der Waals surface area contributed by atoms with Crippen LogP contribution in [0.4, 0.5) is 5.69 Å². The fourth-order valence-corrected chi connectivity index (χ4v) is 4.07. The van der Waals surface area contributed by atoms with Gasteiger partial charge in [0.25, 0.3) is 0 Å². The van der Waals surface area contributed by atoms with Gasteiger partial charge in [-0.15, -0.1) is 0 Å². The van der Waals surface area contributed by atoms with Gasteiger partial charge in [-0.25, -0.2) is 0 Å². The predicted molar refractivity (Wildman–Crippen MR) is 109 cm³/mol. The average Bonchev–Trinajstić information content (AvgIpc) is 3.18. The van der Waals surface area contributed by atoms with Crippen LogP contribution >= 0.6 is 0 Å². The van der Waals surface area contributed by atoms with Gasteiger partial charge in [-0.1, -0.05) is 30.3 Å². The molecule has 1 unspecified atom stereocenters. The molecular formula is C22H27N3O3. The predicted octanol–water partition coefficient (Wildman–Crippen LogP) is 2.46. The van der Waals surface area contributed by atoms with Crippen LogP contribution in [0.3, 0.4) is 0 Å². The molecule has 6 heteroatoms. The molecule has 2 aliphatic rings. The Labute approximate surface area is 165 Å². The second-order valence-electron chi connectivity index (χ2n) is 7.49. The fourth-order valence-electron chi connectivity index (χ4n) is 4.07. The highest BCUT2D eigenvalue weighted by Gasteiger charge is 2.36. The number of ether oxygens (including phenoxy) is 2. The van der Waals surface area contributed by atoms with Crippen molar-refractivity contribution in [2.45, 2.75) is 18.9 Å². The maximum absolute atomic E-state index is 12.8. The van der Waals surface area contributed by atoms with E-state index in [2.05, 4.69) is 34.5 Å². The molecule has 0 spiro atoms. The number of hydrogen-bond acceptors (Lipinski definition) is 5. The largest absolute Gasteiger partial charge is 0.486 e. The van der Waals surface area contributed by atoms with Gasteiger partial charge in [0, 0.05) is 30.8 Å². The Balaban J connectivity index is 1.42. The zero-order valence-corrected chi connectivity index (χ0v) is 16.1. The van der Waals surface area contributed by atoms with E-state index in [4.69, 9.17) is 15.2 Å². The van der Waals surface area contributed by atoms with Crippen molar-refractivity contribution in [3.8, 4) is 11.5 Å². The SMILES string of the molecule is CC(C(=O)Nc1ccc2c(c1)OCCO2)N1C[C@@H](CN)[C@H](c2ccccc2)C1. The van der Waals surface area contributed by atoms with Crippen molar-refractivity contribution in [1.82, 2.24) is 4.90 Å². The molecule has 2 aliphatic heterocycles. The molecule has 0 aliphatic carbocycles. The summed E-state index contributed by atoms with van der Waals surface area (Å²) < 4.78 is 11.1. The first-order valence-corrected chi connectivity index (χ1v) is 9.85. The minimum atomic E-state index is -0.240. The number of anilines is 1. The highest BCUT2D eigenvalue weighted by Crippen LogP contribution is 2.34. The van der Waals surface area contributed by atoms with Gasteiger partial charge >= 0.3 is 0 Å². The van der Waals surface area contributed by atoms with Gasteiger partial charge in [-0.05, 0) is 37.1 Å². The number of rotatable bonds is 5. The number of hydrogen-bond donors (Lipinski definition) is 2. The van der Waals surface area contributed by atoms with Crippen LogP contribution in [0, 0.1) is 5.92 Å². The summed E-state index contributed by atoms with van der Waals surface area (Å²) in [4.78, 5) is 15.1. The molecule has 2 heterocycles. The molecule has 6 nitrogen and oxygen atoms in total. The van der Waals surface area contributed by atoms with Crippen molar-refractivity contribution in [2.24, 2.45) is 11.7 Å². The fraction of sp³-hybridized carbons (Fsp3) is 0.409. The molecule has 4 rings (SSSR count). The van der Waals surface area contributed by atoms with Crippen LogP contribution in [-0.2, 0) is 4.79 Å². The second kappa shape index (κ2) is 8.20. The minimum absolute atomic E-state index is 0.0267. The van der Waals surface area contributed by atoms with Crippen LogP contribution in [0.1, 0.15) is 18.4 Å². The Morgan fingerprint density at radius 2 is 1.89 bits per heavy atom. The van der Waals surface area contributed by atoms with E-state index in [0.29, 0.717) is 43.1 Å². The van der Waals surface area contributed by atoms with E-state index in [1.165, 1.54) is 5.56 Å². The number of carbonyl (C=O) groups is 1. The van der Waals surface area contributed by atoms with Gasteiger partial charge in [0.15, 0.2) is 11.5 Å². The quantitative estimate of drug-likeness (QED) is 0.832. The molecule has 0 radical (unpaired) electrons. The van der Waals surface area contributed by atoms with E-state index < -0.39 is 0 Å². The number of carbonyl (C=O) groups excluding carboxylic acids is 1. The molecule has 3 atom stereocenters. The first kappa shape index (κ1) is 18.8. The van der Waals surface area contributed by atoms with Crippen molar-refractivity contribution in [3.05, 3.63) is 54.1 Å². The number of benzene rings is 2. The summed E-state index contributed by atoms with van der Waals surface area (Å²) in [5.41, 5.74) is 8.04. The van der Waals surface area contributed by atoms with Gasteiger partial charge in [0.2, 0.25) is 5.91 Å². The first-order chi connectivity index (χ1) is 13.7. The zero-order valence-electron chi connectivity index (χ0n) is 16.1. The van der Waals surface area contributed by atoms with Crippen LogP contribution in [-0.4, -0.2) is 49.7 Å². The van der Waals surface area contributed by atoms with Crippen LogP contribution in [0.15, 0.2) is 48.5 Å². The molecule has 0 bridgehead atoms. The van der Waals surface area contributed by atoms with Gasteiger partial charge in [-0.3, -0.25) is 9.69 Å². The van der Waals surface area contributed by atoms with E-state index >= 15 is 0 Å². The summed E-state index contributed by atoms with van der Waals surface area (Å²) in [6, 6.07) is 15.7. The number of nitrogens with one attached hydrogen (secondary N) is 1. The van der Waals surface area contributed by atoms with E-state index in [1.54, 1.807) is 0 Å². The molecule has 1 fully saturated rings. The first-order valence-electron chi connectivity index (χ1n) is 9.85. The van der Waals surface area contributed by atoms with Crippen molar-refractivity contribution in [2.75, 3.05) is 38.2 Å². The Kier molecular flexibility index (Phi) is 5.50. The lowest BCUT2D eigenvalue weighted by atomic mass is 9.89. The smallest absolute Gasteiger partial charge is 0.241 e. The Morgan fingerprint density at radius 3 is 2.64 bits per heavy atom. The van der Waals surface area contributed by atoms with Gasteiger partial charge in [0.1, 0.15) is 13.2 Å². The minimum Gasteiger partial charge on any atom is -0.486 e. The number of nitrogens with two attached hydrogens (primary N) is 1. The van der Waals surface area contributed by atoms with Crippen molar-refractivity contribution in [1.29, 1.82) is 0 Å². The van der Waals surface area contributed by atoms with Gasteiger partial charge in [-0.2, -0.15) is 0 Å². The lowest BCUT2D eigenvalue weighted by Gasteiger charge is -2.24. The molecule has 28 heavy (non-hydrogen) atoms. The Morgan fingerprint density at radius 1 is 1.14 bits per heavy atom. The van der Waals surface area contributed by atoms with Gasteiger partial charge in [0.05, 0.1) is 6.04 Å². The van der Waals surface area contributed by atoms with Crippen molar-refractivity contribution >= 4 is 11.6 Å². The van der Waals surface area contributed by atoms with E-state index in [-0.39, 0.29) is 11.9 Å². The zero-order chi connectivity index (χ0) is 19.5. The van der Waals surface area contributed by atoms with Crippen LogP contribution < -0.4 is 20.5 Å². The van der Waals surface area contributed by atoms with E-state index in [9.17, 15) is 4.79 Å². The van der Waals surface area contributed by atoms with Crippen molar-refractivity contribution < 1.29 is 14.3 Å². The molecule has 2 aromatic carbocycles. The number of nitrogens with zero attached hydrogens (tertiary/aromatic N) is 1. The normalized spacial score (nSPS) is 22.6. The van der Waals surface area contributed by atoms with Crippen LogP contribution in [0.25, 0.3) is 0 Å². The molecule has 0 aromatic heterocycles. The molecule has 1 amide bonds. The monoisotopic (exact) mass is 381 g/mol. The lowest BCUT2D eigenvalue weighted by Crippen LogP contribution is -2.41. The number of likely N-dealkylation sites (tertiary alicyclic amines) is 1. The second-order valence-corrected chi connectivity index (χ2v) is 7.49. The molecule has 2 aromatic rings. The maximum Gasteiger partial charge on any atom is 0.241 e. The third-order valence-corrected chi connectivity index (χ3v) is 5.74. The third-order valence-electron chi connectivity index (χ3n) is 5.74. The molecule has 1 saturated heterocycles. The topological polar surface area (TPSA) is 76.8 Å². The average molecular weight is 381 g/mol. The molecule has 148 valence electrons. The summed E-state index contributed by atoms with van der Waals surface area (Å²) in [6.07, 6.45) is 0. The van der Waals surface area contributed by atoms with Crippen molar-refractivity contribution in [3.63, 3.8) is 0 Å². The highest BCUT2D eigenvalue weighted by atomic mass is 16.6. The summed E-state index contributed by atoms with van der Waals surface area (Å²) in [5, 5.41) is 3.01. The summed E-state index contributed by atoms with van der Waals surface area (Å²) in [7, 11) is 0. The highest BCUT2D eigenvalue weighted by molar-refractivity contribution is 5.94. The third kappa shape index (κ3) is 3.84. The summed E-state index contributed by atoms with van der Waals surface area (Å²) in [5.74, 6) is 2.07. The van der Waals surface area contributed by atoms with E-state index in [1.807, 2.05) is 31.2 Å². The Bertz CT molecular complexity index is 827. The summed E-state index contributed by atoms with van der Waals surface area (Å²) >= 11 is 0. The lowest BCUT2D eigenvalue weighted by molar-refractivity contribution is -0.120. The molecular weight excluding hydrogens is 354 g/mol. The molecule has 0 saturated carbocycles. The van der Waals surface area contributed by atoms with Crippen LogP contribution in [0.5, 0.6) is 11.5 Å². The van der Waals surface area contributed by atoms with Crippen LogP contribution in [0.2, 0.25) is 0 Å². The van der Waals surface area contributed by atoms with E-state index in [0.717, 1.165) is 18.8 Å². The Hall–Kier alpha value is -2.57. The standard InChI is InChI=1S/C22H27N3O3/c1-15(22(26)24-18-7-8-20-21(11-18)28-10-9-27-20)25-13-17(12-23)19(14-25)16-5-3-2-4-6-16/h2-8,11,15,17,19H,9-10,12-14,23H2,1H3,(H,24,26)/t15?,17-,19+/m1/s1. The number of amides is 1. The summed E-state index contributed by atoms with van der Waals surface area (Å²) in [6.45, 7) is 5.31.